The van der Waals surface area contributed by atoms with E-state index in [0.29, 0.717) is 0 Å². The topological polar surface area (TPSA) is 72.8 Å². The van der Waals surface area contributed by atoms with Crippen molar-refractivity contribution >= 4 is 0 Å². The van der Waals surface area contributed by atoms with E-state index in [1.165, 1.54) is 5.56 Å². The van der Waals surface area contributed by atoms with Gasteiger partial charge in [0.25, 0.3) is 0 Å². The quantitative estimate of drug-likeness (QED) is 0.455. The molecule has 1 saturated heterocycles. The van der Waals surface area contributed by atoms with Gasteiger partial charge in [-0.15, -0.1) is 0 Å². The molecular formula is C11H15N5. The van der Waals surface area contributed by atoms with Crippen LogP contribution in [0.2, 0.25) is 0 Å². The maximum atomic E-state index is 8.43. The molecule has 0 aromatic heterocycles. The number of nitrogens with zero attached hydrogens (tertiary/aromatic N) is 3. The third kappa shape index (κ3) is 2.73. The van der Waals surface area contributed by atoms with Crippen LogP contribution in [0.15, 0.2) is 35.4 Å². The Hall–Kier alpha value is -1.55. The van der Waals surface area contributed by atoms with Gasteiger partial charge in [0.1, 0.15) is 0 Å². The van der Waals surface area contributed by atoms with Crippen LogP contribution in [0.4, 0.5) is 0 Å². The first-order valence-corrected chi connectivity index (χ1v) is 5.42. The Morgan fingerprint density at radius 2 is 2.19 bits per heavy atom. The van der Waals surface area contributed by atoms with E-state index in [2.05, 4.69) is 32.8 Å². The van der Waals surface area contributed by atoms with Crippen LogP contribution in [0.1, 0.15) is 5.56 Å². The zero-order valence-electron chi connectivity index (χ0n) is 9.00. The smallest absolute Gasteiger partial charge is 0.0664 e. The highest BCUT2D eigenvalue weighted by atomic mass is 15.2. The molecule has 16 heavy (non-hydrogen) atoms. The number of benzene rings is 1. The SMILES string of the molecule is [N-]=[N+]=N[C@H]1CNC[C@@H]1NCc1ccccc1. The standard InChI is InChI=1S/C11H15N5/c12-16-15-11-8-13-7-10(11)14-6-9-4-2-1-3-5-9/h1-5,10-11,13-14H,6-8H2/t10-,11-/m0/s1. The average molecular weight is 217 g/mol. The molecule has 0 aliphatic carbocycles. The van der Waals surface area contributed by atoms with Gasteiger partial charge in [-0.25, -0.2) is 0 Å². The maximum Gasteiger partial charge on any atom is 0.0664 e. The minimum absolute atomic E-state index is 0.0220. The fourth-order valence-corrected chi connectivity index (χ4v) is 1.91. The molecule has 84 valence electrons. The molecular weight excluding hydrogens is 202 g/mol. The van der Waals surface area contributed by atoms with Crippen LogP contribution in [0.25, 0.3) is 10.4 Å². The Morgan fingerprint density at radius 3 is 2.94 bits per heavy atom. The van der Waals surface area contributed by atoms with Crippen LogP contribution in [0.5, 0.6) is 0 Å². The first kappa shape index (κ1) is 11.0. The summed E-state index contributed by atoms with van der Waals surface area (Å²) >= 11 is 0. The maximum absolute atomic E-state index is 8.43. The van der Waals surface area contributed by atoms with E-state index >= 15 is 0 Å². The highest BCUT2D eigenvalue weighted by Gasteiger charge is 2.25. The Bertz CT molecular complexity index is 371. The van der Waals surface area contributed by atoms with Crippen molar-refractivity contribution < 1.29 is 0 Å². The van der Waals surface area contributed by atoms with Crippen LogP contribution in [0, 0.1) is 0 Å². The Kier molecular flexibility index (Phi) is 3.77. The lowest BCUT2D eigenvalue weighted by atomic mass is 10.1. The summed E-state index contributed by atoms with van der Waals surface area (Å²) in [5.74, 6) is 0. The summed E-state index contributed by atoms with van der Waals surface area (Å²) in [4.78, 5) is 2.87. The van der Waals surface area contributed by atoms with Gasteiger partial charge in [-0.05, 0) is 11.1 Å². The number of hydrogen-bond donors (Lipinski definition) is 2. The molecule has 2 atom stereocenters. The Morgan fingerprint density at radius 1 is 1.38 bits per heavy atom. The largest absolute Gasteiger partial charge is 0.315 e. The minimum Gasteiger partial charge on any atom is -0.315 e. The van der Waals surface area contributed by atoms with E-state index in [9.17, 15) is 0 Å². The normalized spacial score (nSPS) is 24.0. The molecule has 1 aromatic rings. The number of rotatable bonds is 4. The van der Waals surface area contributed by atoms with Crippen molar-refractivity contribution in [3.8, 4) is 0 Å². The minimum atomic E-state index is 0.0220. The molecule has 0 amide bonds. The van der Waals surface area contributed by atoms with E-state index in [-0.39, 0.29) is 12.1 Å². The molecule has 5 heteroatoms. The fourth-order valence-electron chi connectivity index (χ4n) is 1.91. The molecule has 2 rings (SSSR count). The Labute approximate surface area is 94.5 Å². The second kappa shape index (κ2) is 5.51. The molecule has 0 radical (unpaired) electrons. The summed E-state index contributed by atoms with van der Waals surface area (Å²) < 4.78 is 0. The summed E-state index contributed by atoms with van der Waals surface area (Å²) in [5.41, 5.74) is 9.68. The molecule has 1 aromatic carbocycles. The molecule has 1 aliphatic rings. The third-order valence-electron chi connectivity index (χ3n) is 2.79. The predicted molar refractivity (Wildman–Crippen MR) is 62.9 cm³/mol. The Balaban J connectivity index is 1.88. The molecule has 0 saturated carbocycles. The van der Waals surface area contributed by atoms with Gasteiger partial charge in [-0.1, -0.05) is 35.4 Å². The molecule has 0 bridgehead atoms. The first-order chi connectivity index (χ1) is 7.90. The monoisotopic (exact) mass is 217 g/mol. The van der Waals surface area contributed by atoms with E-state index in [1.807, 2.05) is 18.2 Å². The van der Waals surface area contributed by atoms with Crippen molar-refractivity contribution in [3.05, 3.63) is 46.3 Å². The van der Waals surface area contributed by atoms with Gasteiger partial charge in [0.05, 0.1) is 6.04 Å². The summed E-state index contributed by atoms with van der Waals surface area (Å²) in [6, 6.07) is 10.5. The molecule has 5 nitrogen and oxygen atoms in total. The summed E-state index contributed by atoms with van der Waals surface area (Å²) in [6.45, 7) is 2.43. The van der Waals surface area contributed by atoms with Crippen LogP contribution >= 0.6 is 0 Å². The number of azide groups is 1. The fraction of sp³-hybridized carbons (Fsp3) is 0.455. The lowest BCUT2D eigenvalue weighted by molar-refractivity contribution is 0.499. The van der Waals surface area contributed by atoms with E-state index in [4.69, 9.17) is 5.53 Å². The van der Waals surface area contributed by atoms with Gasteiger partial charge in [0.2, 0.25) is 0 Å². The molecule has 1 fully saturated rings. The van der Waals surface area contributed by atoms with Gasteiger partial charge in [-0.2, -0.15) is 0 Å². The van der Waals surface area contributed by atoms with Crippen molar-refractivity contribution in [1.29, 1.82) is 0 Å². The second-order valence-electron chi connectivity index (χ2n) is 3.90. The zero-order valence-corrected chi connectivity index (χ0v) is 9.00. The van der Waals surface area contributed by atoms with Crippen molar-refractivity contribution in [2.75, 3.05) is 13.1 Å². The van der Waals surface area contributed by atoms with Crippen LogP contribution in [-0.2, 0) is 6.54 Å². The van der Waals surface area contributed by atoms with Crippen LogP contribution in [-0.4, -0.2) is 25.2 Å². The van der Waals surface area contributed by atoms with Gasteiger partial charge in [0, 0.05) is 30.6 Å². The van der Waals surface area contributed by atoms with E-state index in [0.717, 1.165) is 19.6 Å². The summed E-state index contributed by atoms with van der Waals surface area (Å²) in [7, 11) is 0. The van der Waals surface area contributed by atoms with Crippen LogP contribution in [0.3, 0.4) is 0 Å². The van der Waals surface area contributed by atoms with Crippen molar-refractivity contribution in [2.45, 2.75) is 18.6 Å². The molecule has 0 unspecified atom stereocenters. The van der Waals surface area contributed by atoms with Gasteiger partial charge in [-0.3, -0.25) is 0 Å². The lowest BCUT2D eigenvalue weighted by Crippen LogP contribution is -2.37. The highest BCUT2D eigenvalue weighted by Crippen LogP contribution is 2.06. The molecule has 0 spiro atoms. The molecule has 2 N–H and O–H groups in total. The van der Waals surface area contributed by atoms with Crippen molar-refractivity contribution in [1.82, 2.24) is 10.6 Å². The third-order valence-corrected chi connectivity index (χ3v) is 2.79. The van der Waals surface area contributed by atoms with Crippen molar-refractivity contribution in [2.24, 2.45) is 5.11 Å². The summed E-state index contributed by atoms with van der Waals surface area (Å²) in [6.07, 6.45) is 0. The van der Waals surface area contributed by atoms with Crippen molar-refractivity contribution in [3.63, 3.8) is 0 Å². The first-order valence-electron chi connectivity index (χ1n) is 5.42. The average Bonchev–Trinajstić information content (AvgIpc) is 2.76. The highest BCUT2D eigenvalue weighted by molar-refractivity contribution is 5.14. The lowest BCUT2D eigenvalue weighted by Gasteiger charge is -2.15. The van der Waals surface area contributed by atoms with Gasteiger partial charge in [0.15, 0.2) is 0 Å². The number of nitrogens with one attached hydrogen (secondary N) is 2. The molecule has 1 aliphatic heterocycles. The van der Waals surface area contributed by atoms with Gasteiger partial charge >= 0.3 is 0 Å². The zero-order chi connectivity index (χ0) is 11.2. The van der Waals surface area contributed by atoms with Crippen LogP contribution < -0.4 is 10.6 Å². The van der Waals surface area contributed by atoms with Gasteiger partial charge < -0.3 is 10.6 Å². The second-order valence-corrected chi connectivity index (χ2v) is 3.90. The number of hydrogen-bond acceptors (Lipinski definition) is 3. The van der Waals surface area contributed by atoms with E-state index in [1.54, 1.807) is 0 Å². The summed E-state index contributed by atoms with van der Waals surface area (Å²) in [5, 5.41) is 10.4. The van der Waals surface area contributed by atoms with E-state index < -0.39 is 0 Å². The molecule has 1 heterocycles. The predicted octanol–water partition coefficient (Wildman–Crippen LogP) is 1.43.